The predicted octanol–water partition coefficient (Wildman–Crippen LogP) is 4.51. The van der Waals surface area contributed by atoms with Crippen LogP contribution >= 0.6 is 0 Å². The van der Waals surface area contributed by atoms with Gasteiger partial charge < -0.3 is 9.73 Å². The van der Waals surface area contributed by atoms with Crippen molar-refractivity contribution in [2.24, 2.45) is 0 Å². The largest absolute Gasteiger partial charge is 0.464 e. The number of hydrogen-bond acceptors (Lipinski definition) is 2. The Morgan fingerprint density at radius 1 is 1.00 bits per heavy atom. The van der Waals surface area contributed by atoms with Crippen LogP contribution in [0, 0.1) is 6.92 Å². The van der Waals surface area contributed by atoms with Crippen molar-refractivity contribution in [3.05, 3.63) is 78.1 Å². The second-order valence-corrected chi connectivity index (χ2v) is 4.83. The Bertz CT molecular complexity index is 760. The molecule has 0 aliphatic carbocycles. The smallest absolute Gasteiger partial charge is 0.255 e. The molecule has 104 valence electrons. The number of nitrogens with one attached hydrogen (secondary N) is 1. The summed E-state index contributed by atoms with van der Waals surface area (Å²) in [6.45, 7) is 1.92. The molecule has 1 heterocycles. The SMILES string of the molecule is Cc1ccccc1C(=O)Nc1cccc(-c2ccco2)c1. The molecular formula is C18H15NO2. The van der Waals surface area contributed by atoms with E-state index in [4.69, 9.17) is 4.42 Å². The number of rotatable bonds is 3. The maximum Gasteiger partial charge on any atom is 0.255 e. The molecule has 0 saturated heterocycles. The summed E-state index contributed by atoms with van der Waals surface area (Å²) in [4.78, 5) is 12.3. The Morgan fingerprint density at radius 3 is 2.62 bits per heavy atom. The highest BCUT2D eigenvalue weighted by molar-refractivity contribution is 6.05. The molecule has 3 heteroatoms. The second kappa shape index (κ2) is 5.67. The van der Waals surface area contributed by atoms with E-state index in [1.54, 1.807) is 6.26 Å². The zero-order valence-electron chi connectivity index (χ0n) is 11.7. The van der Waals surface area contributed by atoms with Gasteiger partial charge in [0.05, 0.1) is 6.26 Å². The third-order valence-corrected chi connectivity index (χ3v) is 3.32. The van der Waals surface area contributed by atoms with Crippen LogP contribution < -0.4 is 5.32 Å². The van der Waals surface area contributed by atoms with Gasteiger partial charge in [-0.05, 0) is 42.8 Å². The van der Waals surface area contributed by atoms with Gasteiger partial charge in [-0.15, -0.1) is 0 Å². The number of benzene rings is 2. The minimum Gasteiger partial charge on any atom is -0.464 e. The molecule has 0 unspecified atom stereocenters. The summed E-state index contributed by atoms with van der Waals surface area (Å²) >= 11 is 0. The molecule has 0 fully saturated rings. The quantitative estimate of drug-likeness (QED) is 0.765. The van der Waals surface area contributed by atoms with Crippen LogP contribution in [0.5, 0.6) is 0 Å². The fourth-order valence-electron chi connectivity index (χ4n) is 2.22. The van der Waals surface area contributed by atoms with Crippen molar-refractivity contribution in [1.29, 1.82) is 0 Å². The molecule has 2 aromatic carbocycles. The van der Waals surface area contributed by atoms with E-state index in [-0.39, 0.29) is 5.91 Å². The van der Waals surface area contributed by atoms with E-state index in [0.717, 1.165) is 22.6 Å². The highest BCUT2D eigenvalue weighted by Gasteiger charge is 2.09. The summed E-state index contributed by atoms with van der Waals surface area (Å²) in [6, 6.07) is 18.9. The normalized spacial score (nSPS) is 10.3. The Hall–Kier alpha value is -2.81. The first-order valence-corrected chi connectivity index (χ1v) is 6.75. The highest BCUT2D eigenvalue weighted by atomic mass is 16.3. The number of carbonyl (C=O) groups excluding carboxylic acids is 1. The molecule has 1 N–H and O–H groups in total. The summed E-state index contributed by atoms with van der Waals surface area (Å²) < 4.78 is 5.37. The molecule has 0 aliphatic rings. The third kappa shape index (κ3) is 2.87. The maximum atomic E-state index is 12.3. The van der Waals surface area contributed by atoms with Gasteiger partial charge >= 0.3 is 0 Å². The molecule has 1 amide bonds. The maximum absolute atomic E-state index is 12.3. The molecule has 0 atom stereocenters. The van der Waals surface area contributed by atoms with Crippen molar-refractivity contribution >= 4 is 11.6 Å². The second-order valence-electron chi connectivity index (χ2n) is 4.83. The average molecular weight is 277 g/mol. The van der Waals surface area contributed by atoms with E-state index in [9.17, 15) is 4.79 Å². The van der Waals surface area contributed by atoms with Crippen molar-refractivity contribution in [3.8, 4) is 11.3 Å². The van der Waals surface area contributed by atoms with Gasteiger partial charge in [0.2, 0.25) is 0 Å². The number of amides is 1. The molecule has 0 saturated carbocycles. The van der Waals surface area contributed by atoms with Crippen molar-refractivity contribution in [2.75, 3.05) is 5.32 Å². The van der Waals surface area contributed by atoms with Crippen LogP contribution in [0.3, 0.4) is 0 Å². The van der Waals surface area contributed by atoms with E-state index in [1.165, 1.54) is 0 Å². The first-order chi connectivity index (χ1) is 10.2. The fraction of sp³-hybridized carbons (Fsp3) is 0.0556. The monoisotopic (exact) mass is 277 g/mol. The molecular weight excluding hydrogens is 262 g/mol. The van der Waals surface area contributed by atoms with E-state index >= 15 is 0 Å². The number of anilines is 1. The topological polar surface area (TPSA) is 42.2 Å². The summed E-state index contributed by atoms with van der Waals surface area (Å²) in [5.74, 6) is 0.673. The molecule has 3 nitrogen and oxygen atoms in total. The first kappa shape index (κ1) is 13.2. The van der Waals surface area contributed by atoms with Crippen LogP contribution in [0.15, 0.2) is 71.3 Å². The molecule has 0 bridgehead atoms. The van der Waals surface area contributed by atoms with Gasteiger partial charge in [-0.2, -0.15) is 0 Å². The summed E-state index contributed by atoms with van der Waals surface area (Å²) in [7, 11) is 0. The van der Waals surface area contributed by atoms with E-state index in [2.05, 4.69) is 5.32 Å². The molecule has 3 aromatic rings. The highest BCUT2D eigenvalue weighted by Crippen LogP contribution is 2.23. The lowest BCUT2D eigenvalue weighted by Gasteiger charge is -2.08. The van der Waals surface area contributed by atoms with Crippen molar-refractivity contribution in [2.45, 2.75) is 6.92 Å². The van der Waals surface area contributed by atoms with Crippen LogP contribution in [0.1, 0.15) is 15.9 Å². The summed E-state index contributed by atoms with van der Waals surface area (Å²) in [5, 5.41) is 2.92. The Morgan fingerprint density at radius 2 is 1.86 bits per heavy atom. The van der Waals surface area contributed by atoms with Gasteiger partial charge in [0.25, 0.3) is 5.91 Å². The Balaban J connectivity index is 1.84. The Labute approximate surface area is 123 Å². The number of furan rings is 1. The molecule has 1 aromatic heterocycles. The zero-order valence-corrected chi connectivity index (χ0v) is 11.7. The summed E-state index contributed by atoms with van der Waals surface area (Å²) in [5.41, 5.74) is 3.32. The van der Waals surface area contributed by atoms with Crippen LogP contribution in [0.4, 0.5) is 5.69 Å². The third-order valence-electron chi connectivity index (χ3n) is 3.32. The van der Waals surface area contributed by atoms with E-state index in [1.807, 2.05) is 67.6 Å². The van der Waals surface area contributed by atoms with E-state index < -0.39 is 0 Å². The lowest BCUT2D eigenvalue weighted by Crippen LogP contribution is -2.13. The molecule has 0 spiro atoms. The fourth-order valence-corrected chi connectivity index (χ4v) is 2.22. The standard InChI is InChI=1S/C18H15NO2/c1-13-6-2-3-9-16(13)18(20)19-15-8-4-7-14(12-15)17-10-5-11-21-17/h2-12H,1H3,(H,19,20). The molecule has 3 rings (SSSR count). The van der Waals surface area contributed by atoms with Crippen LogP contribution in [0.2, 0.25) is 0 Å². The van der Waals surface area contributed by atoms with Gasteiger partial charge in [-0.1, -0.05) is 30.3 Å². The van der Waals surface area contributed by atoms with Crippen LogP contribution in [-0.2, 0) is 0 Å². The number of aryl methyl sites for hydroxylation is 1. The Kier molecular flexibility index (Phi) is 3.56. The van der Waals surface area contributed by atoms with Crippen LogP contribution in [0.25, 0.3) is 11.3 Å². The van der Waals surface area contributed by atoms with Gasteiger partial charge in [0.15, 0.2) is 0 Å². The number of hydrogen-bond donors (Lipinski definition) is 1. The lowest BCUT2D eigenvalue weighted by atomic mass is 10.1. The van der Waals surface area contributed by atoms with Crippen molar-refractivity contribution in [3.63, 3.8) is 0 Å². The predicted molar refractivity (Wildman–Crippen MR) is 83.3 cm³/mol. The van der Waals surface area contributed by atoms with Gasteiger partial charge in [-0.25, -0.2) is 0 Å². The molecule has 0 radical (unpaired) electrons. The van der Waals surface area contributed by atoms with E-state index in [0.29, 0.717) is 5.56 Å². The summed E-state index contributed by atoms with van der Waals surface area (Å²) in [6.07, 6.45) is 1.63. The van der Waals surface area contributed by atoms with Gasteiger partial charge in [0, 0.05) is 16.8 Å². The van der Waals surface area contributed by atoms with Crippen molar-refractivity contribution in [1.82, 2.24) is 0 Å². The zero-order chi connectivity index (χ0) is 14.7. The average Bonchev–Trinajstić information content (AvgIpc) is 3.02. The van der Waals surface area contributed by atoms with Crippen LogP contribution in [-0.4, -0.2) is 5.91 Å². The number of carbonyl (C=O) groups is 1. The minimum atomic E-state index is -0.107. The molecule has 0 aliphatic heterocycles. The minimum absolute atomic E-state index is 0.107. The molecule has 21 heavy (non-hydrogen) atoms. The first-order valence-electron chi connectivity index (χ1n) is 6.75. The lowest BCUT2D eigenvalue weighted by molar-refractivity contribution is 0.102. The van der Waals surface area contributed by atoms with Crippen molar-refractivity contribution < 1.29 is 9.21 Å². The van der Waals surface area contributed by atoms with Gasteiger partial charge in [-0.3, -0.25) is 4.79 Å². The van der Waals surface area contributed by atoms with Gasteiger partial charge in [0.1, 0.15) is 5.76 Å².